The van der Waals surface area contributed by atoms with Crippen molar-refractivity contribution in [1.29, 1.82) is 0 Å². The number of nitrogens with one attached hydrogen (secondary N) is 1. The predicted molar refractivity (Wildman–Crippen MR) is 114 cm³/mol. The van der Waals surface area contributed by atoms with Gasteiger partial charge < -0.3 is 5.32 Å². The molecule has 1 N–H and O–H groups in total. The lowest BCUT2D eigenvalue weighted by atomic mass is 9.99. The SMILES string of the molecule is O=C(N[C@H](c1ccccc1)c1ccncc1)c1cccc(S(=O)(=O)N2CCCC2)c1. The molecule has 1 amide bonds. The molecule has 30 heavy (non-hydrogen) atoms. The van der Waals surface area contributed by atoms with Gasteiger partial charge in [-0.1, -0.05) is 36.4 Å². The number of carbonyl (C=O) groups is 1. The van der Waals surface area contributed by atoms with Gasteiger partial charge in [0.1, 0.15) is 0 Å². The van der Waals surface area contributed by atoms with E-state index < -0.39 is 10.0 Å². The van der Waals surface area contributed by atoms with Crippen molar-refractivity contribution in [2.45, 2.75) is 23.8 Å². The molecule has 3 aromatic rings. The van der Waals surface area contributed by atoms with Crippen LogP contribution in [0.1, 0.15) is 40.4 Å². The molecule has 1 aliphatic heterocycles. The molecule has 0 spiro atoms. The van der Waals surface area contributed by atoms with E-state index >= 15 is 0 Å². The van der Waals surface area contributed by atoms with Crippen LogP contribution in [-0.4, -0.2) is 36.7 Å². The fraction of sp³-hybridized carbons (Fsp3) is 0.217. The second-order valence-electron chi connectivity index (χ2n) is 7.24. The second kappa shape index (κ2) is 8.77. The van der Waals surface area contributed by atoms with Crippen molar-refractivity contribution in [3.8, 4) is 0 Å². The van der Waals surface area contributed by atoms with Crippen molar-refractivity contribution in [3.05, 3.63) is 95.8 Å². The van der Waals surface area contributed by atoms with Crippen molar-refractivity contribution < 1.29 is 13.2 Å². The van der Waals surface area contributed by atoms with Crippen LogP contribution in [0.2, 0.25) is 0 Å². The first-order chi connectivity index (χ1) is 14.6. The molecule has 1 fully saturated rings. The molecule has 0 saturated carbocycles. The molecule has 0 unspecified atom stereocenters. The van der Waals surface area contributed by atoms with E-state index in [2.05, 4.69) is 10.3 Å². The van der Waals surface area contributed by atoms with Gasteiger partial charge >= 0.3 is 0 Å². The van der Waals surface area contributed by atoms with E-state index in [0.717, 1.165) is 24.0 Å². The zero-order chi connectivity index (χ0) is 21.0. The standard InChI is InChI=1S/C23H23N3O3S/c27-23(20-9-6-10-21(17-20)30(28,29)26-15-4-5-16-26)25-22(18-7-2-1-3-8-18)19-11-13-24-14-12-19/h1-3,6-14,17,22H,4-5,15-16H2,(H,25,27)/t22-/m1/s1. The van der Waals surface area contributed by atoms with Gasteiger partial charge in [-0.3, -0.25) is 9.78 Å². The van der Waals surface area contributed by atoms with Crippen molar-refractivity contribution >= 4 is 15.9 Å². The lowest BCUT2D eigenvalue weighted by Crippen LogP contribution is -2.30. The maximum absolute atomic E-state index is 13.1. The topological polar surface area (TPSA) is 79.4 Å². The van der Waals surface area contributed by atoms with Gasteiger partial charge in [-0.15, -0.1) is 0 Å². The Bertz CT molecular complexity index is 1070. The summed E-state index contributed by atoms with van der Waals surface area (Å²) >= 11 is 0. The number of sulfonamides is 1. The molecule has 2 aromatic carbocycles. The summed E-state index contributed by atoms with van der Waals surface area (Å²) in [4.78, 5) is 17.3. The highest BCUT2D eigenvalue weighted by Crippen LogP contribution is 2.24. The molecule has 2 heterocycles. The van der Waals surface area contributed by atoms with Gasteiger partial charge in [0, 0.05) is 31.0 Å². The maximum Gasteiger partial charge on any atom is 0.252 e. The Balaban J connectivity index is 1.62. The third kappa shape index (κ3) is 4.27. The maximum atomic E-state index is 13.1. The summed E-state index contributed by atoms with van der Waals surface area (Å²) in [7, 11) is -3.58. The number of rotatable bonds is 6. The van der Waals surface area contributed by atoms with Crippen LogP contribution in [0.3, 0.4) is 0 Å². The van der Waals surface area contributed by atoms with Gasteiger partial charge in [-0.05, 0) is 54.3 Å². The minimum absolute atomic E-state index is 0.150. The zero-order valence-corrected chi connectivity index (χ0v) is 17.3. The number of benzene rings is 2. The first-order valence-electron chi connectivity index (χ1n) is 9.92. The van der Waals surface area contributed by atoms with Gasteiger partial charge in [0.05, 0.1) is 10.9 Å². The largest absolute Gasteiger partial charge is 0.341 e. The van der Waals surface area contributed by atoms with Gasteiger partial charge in [0.25, 0.3) is 5.91 Å². The highest BCUT2D eigenvalue weighted by molar-refractivity contribution is 7.89. The minimum atomic E-state index is -3.58. The van der Waals surface area contributed by atoms with E-state index in [4.69, 9.17) is 0 Å². The van der Waals surface area contributed by atoms with Crippen LogP contribution in [-0.2, 0) is 10.0 Å². The fourth-order valence-corrected chi connectivity index (χ4v) is 5.21. The molecular weight excluding hydrogens is 398 g/mol. The smallest absolute Gasteiger partial charge is 0.252 e. The van der Waals surface area contributed by atoms with Gasteiger partial charge in [0.15, 0.2) is 0 Å². The molecule has 1 aromatic heterocycles. The van der Waals surface area contributed by atoms with E-state index in [1.54, 1.807) is 30.6 Å². The lowest BCUT2D eigenvalue weighted by molar-refractivity contribution is 0.0942. The number of amides is 1. The third-order valence-electron chi connectivity index (χ3n) is 5.25. The molecule has 154 valence electrons. The van der Waals surface area contributed by atoms with E-state index in [9.17, 15) is 13.2 Å². The van der Waals surface area contributed by atoms with Crippen LogP contribution >= 0.6 is 0 Å². The molecule has 1 saturated heterocycles. The molecule has 1 aliphatic rings. The molecule has 0 radical (unpaired) electrons. The molecular formula is C23H23N3O3S. The second-order valence-corrected chi connectivity index (χ2v) is 9.17. The van der Waals surface area contributed by atoms with Crippen LogP contribution < -0.4 is 5.32 Å². The van der Waals surface area contributed by atoms with Crippen molar-refractivity contribution in [1.82, 2.24) is 14.6 Å². The quantitative estimate of drug-likeness (QED) is 0.662. The summed E-state index contributed by atoms with van der Waals surface area (Å²) in [6.07, 6.45) is 5.09. The third-order valence-corrected chi connectivity index (χ3v) is 7.14. The highest BCUT2D eigenvalue weighted by atomic mass is 32.2. The Morgan fingerprint density at radius 3 is 2.27 bits per heavy atom. The number of hydrogen-bond donors (Lipinski definition) is 1. The Hall–Kier alpha value is -3.03. The molecule has 6 nitrogen and oxygen atoms in total. The van der Waals surface area contributed by atoms with Crippen molar-refractivity contribution in [2.75, 3.05) is 13.1 Å². The summed E-state index contributed by atoms with van der Waals surface area (Å²) in [6.45, 7) is 1.05. The number of carbonyl (C=O) groups excluding carboxylic acids is 1. The molecule has 7 heteroatoms. The van der Waals surface area contributed by atoms with E-state index in [-0.39, 0.29) is 16.8 Å². The summed E-state index contributed by atoms with van der Waals surface area (Å²) < 4.78 is 27.2. The van der Waals surface area contributed by atoms with Crippen LogP contribution in [0, 0.1) is 0 Å². The molecule has 1 atom stereocenters. The highest BCUT2D eigenvalue weighted by Gasteiger charge is 2.28. The summed E-state index contributed by atoms with van der Waals surface area (Å²) in [5, 5.41) is 3.04. The summed E-state index contributed by atoms with van der Waals surface area (Å²) in [6, 6.07) is 19.2. The first-order valence-corrected chi connectivity index (χ1v) is 11.4. The Morgan fingerprint density at radius 2 is 1.57 bits per heavy atom. The zero-order valence-electron chi connectivity index (χ0n) is 16.4. The van der Waals surface area contributed by atoms with E-state index in [0.29, 0.717) is 18.7 Å². The van der Waals surface area contributed by atoms with E-state index in [1.807, 2.05) is 42.5 Å². The van der Waals surface area contributed by atoms with Gasteiger partial charge in [-0.25, -0.2) is 8.42 Å². The molecule has 4 rings (SSSR count). The van der Waals surface area contributed by atoms with E-state index in [1.165, 1.54) is 10.4 Å². The van der Waals surface area contributed by atoms with Crippen LogP contribution in [0.15, 0.2) is 84.0 Å². The minimum Gasteiger partial charge on any atom is -0.341 e. The normalized spacial score (nSPS) is 15.6. The monoisotopic (exact) mass is 421 g/mol. The van der Waals surface area contributed by atoms with Gasteiger partial charge in [-0.2, -0.15) is 4.31 Å². The predicted octanol–water partition coefficient (Wildman–Crippen LogP) is 3.39. The Morgan fingerprint density at radius 1 is 0.900 bits per heavy atom. The van der Waals surface area contributed by atoms with Crippen LogP contribution in [0.4, 0.5) is 0 Å². The summed E-state index contributed by atoms with van der Waals surface area (Å²) in [5.41, 5.74) is 2.13. The molecule has 0 bridgehead atoms. The molecule has 0 aliphatic carbocycles. The van der Waals surface area contributed by atoms with Crippen molar-refractivity contribution in [2.24, 2.45) is 0 Å². The number of hydrogen-bond acceptors (Lipinski definition) is 4. The van der Waals surface area contributed by atoms with Crippen molar-refractivity contribution in [3.63, 3.8) is 0 Å². The Kier molecular flexibility index (Phi) is 5.92. The number of pyridine rings is 1. The first kappa shape index (κ1) is 20.3. The lowest BCUT2D eigenvalue weighted by Gasteiger charge is -2.20. The average molecular weight is 422 g/mol. The number of nitrogens with zero attached hydrogens (tertiary/aromatic N) is 2. The van der Waals surface area contributed by atoms with Crippen LogP contribution in [0.5, 0.6) is 0 Å². The van der Waals surface area contributed by atoms with Crippen LogP contribution in [0.25, 0.3) is 0 Å². The Labute approximate surface area is 176 Å². The fourth-order valence-electron chi connectivity index (χ4n) is 3.65. The average Bonchev–Trinajstić information content (AvgIpc) is 3.34. The summed E-state index contributed by atoms with van der Waals surface area (Å²) in [5.74, 6) is -0.334. The van der Waals surface area contributed by atoms with Gasteiger partial charge in [0.2, 0.25) is 10.0 Å². The number of aromatic nitrogens is 1.